The van der Waals surface area contributed by atoms with Crippen LogP contribution in [0.25, 0.3) is 0 Å². The predicted molar refractivity (Wildman–Crippen MR) is 62.2 cm³/mol. The average Bonchev–Trinajstić information content (AvgIpc) is 2.09. The summed E-state index contributed by atoms with van der Waals surface area (Å²) in [6, 6.07) is 0. The third-order valence-corrected chi connectivity index (χ3v) is 1.95. The van der Waals surface area contributed by atoms with E-state index in [1.165, 1.54) is 0 Å². The highest BCUT2D eigenvalue weighted by Crippen LogP contribution is 1.99. The molecule has 1 atom stereocenters. The van der Waals surface area contributed by atoms with E-state index in [1.54, 1.807) is 6.92 Å². The minimum Gasteiger partial charge on any atom is -0.481 e. The minimum absolute atomic E-state index is 0.0453. The van der Waals surface area contributed by atoms with E-state index in [9.17, 15) is 9.59 Å². The van der Waals surface area contributed by atoms with Gasteiger partial charge < -0.3 is 15.7 Å². The summed E-state index contributed by atoms with van der Waals surface area (Å²) < 4.78 is 0. The lowest BCUT2D eigenvalue weighted by Gasteiger charge is -2.20. The predicted octanol–water partition coefficient (Wildman–Crippen LogP) is 0.601. The van der Waals surface area contributed by atoms with Gasteiger partial charge >= 0.3 is 5.97 Å². The highest BCUT2D eigenvalue weighted by molar-refractivity contribution is 5.78. The van der Waals surface area contributed by atoms with Gasteiger partial charge in [0.1, 0.15) is 0 Å². The minimum atomic E-state index is -0.838. The Balaban J connectivity index is 3.69. The quantitative estimate of drug-likeness (QED) is 0.624. The summed E-state index contributed by atoms with van der Waals surface area (Å²) in [5.41, 5.74) is -0.0932. The van der Waals surface area contributed by atoms with Crippen molar-refractivity contribution in [3.63, 3.8) is 0 Å². The van der Waals surface area contributed by atoms with Gasteiger partial charge in [0.05, 0.1) is 6.54 Å². The highest BCUT2D eigenvalue weighted by atomic mass is 16.4. The maximum absolute atomic E-state index is 11.4. The van der Waals surface area contributed by atoms with Crippen molar-refractivity contribution in [1.29, 1.82) is 0 Å². The van der Waals surface area contributed by atoms with Gasteiger partial charge in [-0.25, -0.2) is 0 Å². The van der Waals surface area contributed by atoms with Crippen LogP contribution < -0.4 is 10.6 Å². The zero-order valence-corrected chi connectivity index (χ0v) is 10.5. The van der Waals surface area contributed by atoms with Crippen molar-refractivity contribution in [3.8, 4) is 0 Å². The first kappa shape index (κ1) is 14.9. The van der Waals surface area contributed by atoms with E-state index in [2.05, 4.69) is 10.6 Å². The molecule has 0 rings (SSSR count). The zero-order chi connectivity index (χ0) is 12.8. The molecule has 0 bridgehead atoms. The first-order chi connectivity index (χ1) is 7.20. The Hall–Kier alpha value is -1.10. The molecule has 0 aromatic rings. The standard InChI is InChI=1S/C11H22N2O3/c1-8(5-10(15)16)6-12-9(14)7-13-11(2,3)4/h8,13H,5-7H2,1-4H3,(H,12,14)(H,15,16). The van der Waals surface area contributed by atoms with Gasteiger partial charge in [0, 0.05) is 18.5 Å². The van der Waals surface area contributed by atoms with E-state index in [-0.39, 0.29) is 30.3 Å². The normalized spacial score (nSPS) is 13.2. The van der Waals surface area contributed by atoms with Crippen LogP contribution in [0, 0.1) is 5.92 Å². The fourth-order valence-electron chi connectivity index (χ4n) is 1.07. The molecule has 94 valence electrons. The van der Waals surface area contributed by atoms with Gasteiger partial charge in [0.25, 0.3) is 0 Å². The maximum Gasteiger partial charge on any atom is 0.303 e. The SMILES string of the molecule is CC(CNC(=O)CNC(C)(C)C)CC(=O)O. The number of carboxylic acids is 1. The van der Waals surface area contributed by atoms with Crippen LogP contribution in [0.5, 0.6) is 0 Å². The Labute approximate surface area is 96.6 Å². The highest BCUT2D eigenvalue weighted by Gasteiger charge is 2.12. The molecule has 0 fully saturated rings. The Morgan fingerprint density at radius 1 is 1.31 bits per heavy atom. The molecule has 0 aromatic carbocycles. The molecule has 16 heavy (non-hydrogen) atoms. The molecule has 0 saturated heterocycles. The summed E-state index contributed by atoms with van der Waals surface area (Å²) in [6.45, 7) is 8.39. The van der Waals surface area contributed by atoms with Crippen molar-refractivity contribution in [2.45, 2.75) is 39.7 Å². The molecule has 0 heterocycles. The molecular weight excluding hydrogens is 208 g/mol. The van der Waals surface area contributed by atoms with E-state index < -0.39 is 5.97 Å². The van der Waals surface area contributed by atoms with Crippen LogP contribution in [0.1, 0.15) is 34.1 Å². The number of nitrogens with one attached hydrogen (secondary N) is 2. The number of rotatable bonds is 6. The van der Waals surface area contributed by atoms with Gasteiger partial charge in [0.15, 0.2) is 0 Å². The lowest BCUT2D eigenvalue weighted by Crippen LogP contribution is -2.44. The third-order valence-electron chi connectivity index (χ3n) is 1.95. The van der Waals surface area contributed by atoms with Crippen molar-refractivity contribution in [2.24, 2.45) is 5.92 Å². The van der Waals surface area contributed by atoms with Gasteiger partial charge in [-0.15, -0.1) is 0 Å². The molecule has 0 aliphatic heterocycles. The Bertz CT molecular complexity index is 246. The molecule has 0 spiro atoms. The molecule has 5 heteroatoms. The second-order valence-corrected chi connectivity index (χ2v) is 5.11. The van der Waals surface area contributed by atoms with Crippen molar-refractivity contribution in [3.05, 3.63) is 0 Å². The lowest BCUT2D eigenvalue weighted by atomic mass is 10.1. The van der Waals surface area contributed by atoms with Crippen LogP contribution >= 0.6 is 0 Å². The van der Waals surface area contributed by atoms with Crippen molar-refractivity contribution < 1.29 is 14.7 Å². The van der Waals surface area contributed by atoms with Crippen molar-refractivity contribution in [2.75, 3.05) is 13.1 Å². The second-order valence-electron chi connectivity index (χ2n) is 5.11. The largest absolute Gasteiger partial charge is 0.481 e. The topological polar surface area (TPSA) is 78.4 Å². The molecule has 0 aromatic heterocycles. The van der Waals surface area contributed by atoms with Crippen LogP contribution in [-0.2, 0) is 9.59 Å². The van der Waals surface area contributed by atoms with Crippen molar-refractivity contribution >= 4 is 11.9 Å². The van der Waals surface area contributed by atoms with Gasteiger partial charge in [-0.2, -0.15) is 0 Å². The summed E-state index contributed by atoms with van der Waals surface area (Å²) in [7, 11) is 0. The Kier molecular flexibility index (Phi) is 6.03. The van der Waals surface area contributed by atoms with Gasteiger partial charge in [0.2, 0.25) is 5.91 Å². The fraction of sp³-hybridized carbons (Fsp3) is 0.818. The number of carbonyl (C=O) groups excluding carboxylic acids is 1. The number of aliphatic carboxylic acids is 1. The van der Waals surface area contributed by atoms with E-state index in [4.69, 9.17) is 5.11 Å². The van der Waals surface area contributed by atoms with Crippen molar-refractivity contribution in [1.82, 2.24) is 10.6 Å². The zero-order valence-electron chi connectivity index (χ0n) is 10.5. The summed E-state index contributed by atoms with van der Waals surface area (Å²) in [6.07, 6.45) is 0.0764. The van der Waals surface area contributed by atoms with Gasteiger partial charge in [-0.1, -0.05) is 6.92 Å². The van der Waals surface area contributed by atoms with Crippen LogP contribution in [0.4, 0.5) is 0 Å². The van der Waals surface area contributed by atoms with E-state index in [1.807, 2.05) is 20.8 Å². The van der Waals surface area contributed by atoms with Crippen LogP contribution in [0.2, 0.25) is 0 Å². The van der Waals surface area contributed by atoms with Gasteiger partial charge in [-0.05, 0) is 26.7 Å². The Morgan fingerprint density at radius 3 is 2.31 bits per heavy atom. The summed E-state index contributed by atoms with van der Waals surface area (Å²) in [5.74, 6) is -0.988. The molecule has 3 N–H and O–H groups in total. The van der Waals surface area contributed by atoms with E-state index in [0.717, 1.165) is 0 Å². The number of hydrogen-bond acceptors (Lipinski definition) is 3. The number of carbonyl (C=O) groups is 2. The number of hydrogen-bond donors (Lipinski definition) is 3. The maximum atomic E-state index is 11.4. The molecule has 0 aliphatic carbocycles. The molecule has 1 amide bonds. The Morgan fingerprint density at radius 2 is 1.88 bits per heavy atom. The molecule has 1 unspecified atom stereocenters. The smallest absolute Gasteiger partial charge is 0.303 e. The first-order valence-corrected chi connectivity index (χ1v) is 5.44. The molecule has 0 saturated carbocycles. The average molecular weight is 230 g/mol. The van der Waals surface area contributed by atoms with Crippen LogP contribution in [0.3, 0.4) is 0 Å². The van der Waals surface area contributed by atoms with Crippen LogP contribution in [0.15, 0.2) is 0 Å². The van der Waals surface area contributed by atoms with Gasteiger partial charge in [-0.3, -0.25) is 9.59 Å². The third kappa shape index (κ3) is 9.45. The summed E-state index contributed by atoms with van der Waals surface area (Å²) in [4.78, 5) is 21.7. The number of amides is 1. The monoisotopic (exact) mass is 230 g/mol. The van der Waals surface area contributed by atoms with Crippen LogP contribution in [-0.4, -0.2) is 35.6 Å². The molecular formula is C11H22N2O3. The molecule has 5 nitrogen and oxygen atoms in total. The lowest BCUT2D eigenvalue weighted by molar-refractivity contribution is -0.138. The van der Waals surface area contributed by atoms with E-state index in [0.29, 0.717) is 6.54 Å². The molecule has 0 aliphatic rings. The second kappa shape index (κ2) is 6.48. The first-order valence-electron chi connectivity index (χ1n) is 5.44. The summed E-state index contributed by atoms with van der Waals surface area (Å²) in [5, 5.41) is 14.3. The molecule has 0 radical (unpaired) electrons. The van der Waals surface area contributed by atoms with E-state index >= 15 is 0 Å². The fourth-order valence-corrected chi connectivity index (χ4v) is 1.07. The number of carboxylic acid groups (broad SMARTS) is 1. The summed E-state index contributed by atoms with van der Waals surface area (Å²) >= 11 is 0.